The third-order valence-corrected chi connectivity index (χ3v) is 4.79. The molecule has 0 saturated heterocycles. The van der Waals surface area contributed by atoms with Gasteiger partial charge in [0, 0.05) is 29.6 Å². The van der Waals surface area contributed by atoms with Crippen molar-refractivity contribution in [3.8, 4) is 0 Å². The number of nitro benzene ring substituents is 1. The van der Waals surface area contributed by atoms with Gasteiger partial charge in [0.1, 0.15) is 10.5 Å². The first-order valence-electron chi connectivity index (χ1n) is 8.94. The number of aromatic nitrogens is 2. The second kappa shape index (κ2) is 8.22. The van der Waals surface area contributed by atoms with Crippen LogP contribution in [-0.2, 0) is 6.54 Å². The summed E-state index contributed by atoms with van der Waals surface area (Å²) < 4.78 is 2.51. The van der Waals surface area contributed by atoms with Crippen molar-refractivity contribution in [2.75, 3.05) is 0 Å². The molecule has 0 saturated carbocycles. The van der Waals surface area contributed by atoms with Gasteiger partial charge in [0.2, 0.25) is 0 Å². The monoisotopic (exact) mass is 379 g/mol. The Labute approximate surface area is 163 Å². The van der Waals surface area contributed by atoms with E-state index in [0.29, 0.717) is 10.0 Å². The van der Waals surface area contributed by atoms with Gasteiger partial charge in [-0.2, -0.15) is 0 Å². The number of fused-ring (bicyclic) bond motifs is 1. The Morgan fingerprint density at radius 3 is 2.63 bits per heavy atom. The van der Waals surface area contributed by atoms with Crippen molar-refractivity contribution in [3.05, 3.63) is 74.2 Å². The number of unbranched alkanes of at least 4 members (excludes halogenated alkanes) is 1. The second-order valence-corrected chi connectivity index (χ2v) is 6.79. The Morgan fingerprint density at radius 1 is 1.22 bits per heavy atom. The van der Waals surface area contributed by atoms with Gasteiger partial charge in [-0.3, -0.25) is 10.1 Å². The SMILES string of the molecule is CCCCn1c(C)nc(=S)c2cc([N+](=O)[O-])cc(C=Cc3ccccc3)c21. The van der Waals surface area contributed by atoms with Crippen molar-refractivity contribution in [3.63, 3.8) is 0 Å². The van der Waals surface area contributed by atoms with E-state index in [1.165, 1.54) is 6.07 Å². The topological polar surface area (TPSA) is 61.0 Å². The molecule has 0 atom stereocenters. The minimum absolute atomic E-state index is 0.0222. The van der Waals surface area contributed by atoms with Gasteiger partial charge in [-0.15, -0.1) is 0 Å². The molecule has 0 aliphatic rings. The number of hydrogen-bond acceptors (Lipinski definition) is 4. The highest BCUT2D eigenvalue weighted by Gasteiger charge is 2.15. The fraction of sp³-hybridized carbons (Fsp3) is 0.238. The molecule has 3 rings (SSSR count). The number of nitro groups is 1. The lowest BCUT2D eigenvalue weighted by molar-refractivity contribution is -0.384. The molecule has 0 aliphatic heterocycles. The van der Waals surface area contributed by atoms with E-state index in [4.69, 9.17) is 12.2 Å². The Hall–Kier alpha value is -2.86. The Morgan fingerprint density at radius 2 is 1.96 bits per heavy atom. The molecular formula is C21H21N3O2S. The summed E-state index contributed by atoms with van der Waals surface area (Å²) in [5.41, 5.74) is 2.73. The molecule has 1 aromatic heterocycles. The highest BCUT2D eigenvalue weighted by Crippen LogP contribution is 2.28. The van der Waals surface area contributed by atoms with Crippen LogP contribution in [0.1, 0.15) is 36.7 Å². The van der Waals surface area contributed by atoms with Crippen LogP contribution in [0.2, 0.25) is 0 Å². The lowest BCUT2D eigenvalue weighted by Gasteiger charge is -2.16. The van der Waals surface area contributed by atoms with Crippen molar-refractivity contribution in [2.45, 2.75) is 33.2 Å². The normalized spacial score (nSPS) is 11.3. The molecule has 27 heavy (non-hydrogen) atoms. The maximum atomic E-state index is 11.4. The van der Waals surface area contributed by atoms with Gasteiger partial charge < -0.3 is 4.57 Å². The summed E-state index contributed by atoms with van der Waals surface area (Å²) in [5, 5.41) is 12.1. The van der Waals surface area contributed by atoms with Crippen molar-refractivity contribution >= 4 is 41.0 Å². The molecule has 1 heterocycles. The van der Waals surface area contributed by atoms with Crippen LogP contribution in [0, 0.1) is 21.7 Å². The minimum atomic E-state index is -0.385. The molecule has 138 valence electrons. The van der Waals surface area contributed by atoms with Crippen LogP contribution in [0.15, 0.2) is 42.5 Å². The summed E-state index contributed by atoms with van der Waals surface area (Å²) in [6.45, 7) is 4.86. The summed E-state index contributed by atoms with van der Waals surface area (Å²) in [7, 11) is 0. The molecule has 2 aromatic carbocycles. The molecule has 0 bridgehead atoms. The van der Waals surface area contributed by atoms with Crippen LogP contribution < -0.4 is 0 Å². The summed E-state index contributed by atoms with van der Waals surface area (Å²) in [5.74, 6) is 0.823. The molecule has 0 radical (unpaired) electrons. The molecule has 0 amide bonds. The molecule has 5 nitrogen and oxygen atoms in total. The van der Waals surface area contributed by atoms with Crippen LogP contribution >= 0.6 is 12.2 Å². The van der Waals surface area contributed by atoms with Gasteiger partial charge in [0.15, 0.2) is 0 Å². The van der Waals surface area contributed by atoms with E-state index in [1.54, 1.807) is 6.07 Å². The Kier molecular flexibility index (Phi) is 5.76. The molecule has 0 aliphatic carbocycles. The van der Waals surface area contributed by atoms with Crippen molar-refractivity contribution in [1.82, 2.24) is 9.55 Å². The lowest BCUT2D eigenvalue weighted by atomic mass is 10.1. The van der Waals surface area contributed by atoms with Crippen LogP contribution in [-0.4, -0.2) is 14.5 Å². The summed E-state index contributed by atoms with van der Waals surface area (Å²) in [6.07, 6.45) is 5.92. The van der Waals surface area contributed by atoms with Crippen LogP contribution in [0.5, 0.6) is 0 Å². The van der Waals surface area contributed by atoms with E-state index >= 15 is 0 Å². The van der Waals surface area contributed by atoms with Gasteiger partial charge in [-0.05, 0) is 18.9 Å². The third-order valence-electron chi connectivity index (χ3n) is 4.48. The number of rotatable bonds is 6. The van der Waals surface area contributed by atoms with E-state index < -0.39 is 0 Å². The molecule has 0 fully saturated rings. The predicted molar refractivity (Wildman–Crippen MR) is 112 cm³/mol. The molecule has 0 unspecified atom stereocenters. The molecule has 0 spiro atoms. The second-order valence-electron chi connectivity index (χ2n) is 6.40. The molecular weight excluding hydrogens is 358 g/mol. The number of non-ortho nitro benzene ring substituents is 1. The van der Waals surface area contributed by atoms with Gasteiger partial charge in [0.05, 0.1) is 10.4 Å². The highest BCUT2D eigenvalue weighted by atomic mass is 32.1. The largest absolute Gasteiger partial charge is 0.329 e. The van der Waals surface area contributed by atoms with Gasteiger partial charge in [-0.1, -0.05) is 68.0 Å². The van der Waals surface area contributed by atoms with Crippen molar-refractivity contribution in [1.29, 1.82) is 0 Å². The van der Waals surface area contributed by atoms with Gasteiger partial charge in [-0.25, -0.2) is 4.98 Å². The summed E-state index contributed by atoms with van der Waals surface area (Å²) >= 11 is 5.43. The quantitative estimate of drug-likeness (QED) is 0.230. The fourth-order valence-corrected chi connectivity index (χ4v) is 3.39. The number of hydrogen-bond donors (Lipinski definition) is 0. The average molecular weight is 379 g/mol. The standard InChI is InChI=1S/C21H21N3O2S/c1-3-4-12-23-15(2)22-21(27)19-14-18(24(25)26)13-17(20(19)23)11-10-16-8-6-5-7-9-16/h5-11,13-14H,3-4,12H2,1-2H3. The van der Waals surface area contributed by atoms with Crippen LogP contribution in [0.3, 0.4) is 0 Å². The average Bonchev–Trinajstić information content (AvgIpc) is 2.66. The number of benzene rings is 2. The fourth-order valence-electron chi connectivity index (χ4n) is 3.11. The zero-order valence-electron chi connectivity index (χ0n) is 15.4. The van der Waals surface area contributed by atoms with E-state index in [-0.39, 0.29) is 10.6 Å². The first-order chi connectivity index (χ1) is 13.0. The van der Waals surface area contributed by atoms with E-state index in [2.05, 4.69) is 16.5 Å². The Balaban J connectivity index is 2.29. The maximum Gasteiger partial charge on any atom is 0.270 e. The van der Waals surface area contributed by atoms with Gasteiger partial charge in [0.25, 0.3) is 5.69 Å². The number of aryl methyl sites for hydroxylation is 2. The first-order valence-corrected chi connectivity index (χ1v) is 9.34. The first kappa shape index (κ1) is 18.9. The Bertz CT molecular complexity index is 1070. The summed E-state index contributed by atoms with van der Waals surface area (Å²) in [6, 6.07) is 13.0. The molecule has 0 N–H and O–H groups in total. The van der Waals surface area contributed by atoms with Crippen LogP contribution in [0.25, 0.3) is 23.1 Å². The van der Waals surface area contributed by atoms with E-state index in [9.17, 15) is 10.1 Å². The minimum Gasteiger partial charge on any atom is -0.329 e. The van der Waals surface area contributed by atoms with Crippen LogP contribution in [0.4, 0.5) is 5.69 Å². The maximum absolute atomic E-state index is 11.4. The highest BCUT2D eigenvalue weighted by molar-refractivity contribution is 7.71. The van der Waals surface area contributed by atoms with Gasteiger partial charge >= 0.3 is 0 Å². The predicted octanol–water partition coefficient (Wildman–Crippen LogP) is 5.95. The molecule has 6 heteroatoms. The zero-order valence-corrected chi connectivity index (χ0v) is 16.2. The smallest absolute Gasteiger partial charge is 0.270 e. The van der Waals surface area contributed by atoms with Crippen molar-refractivity contribution < 1.29 is 4.92 Å². The third kappa shape index (κ3) is 4.11. The number of nitrogens with zero attached hydrogens (tertiary/aromatic N) is 3. The molecule has 3 aromatic rings. The lowest BCUT2D eigenvalue weighted by Crippen LogP contribution is -2.09. The zero-order chi connectivity index (χ0) is 19.4. The van der Waals surface area contributed by atoms with E-state index in [0.717, 1.165) is 41.9 Å². The summed E-state index contributed by atoms with van der Waals surface area (Å²) in [4.78, 5) is 15.5. The van der Waals surface area contributed by atoms with Crippen molar-refractivity contribution in [2.24, 2.45) is 0 Å². The van der Waals surface area contributed by atoms with E-state index in [1.807, 2.05) is 49.4 Å².